The third-order valence-electron chi connectivity index (χ3n) is 5.45. The molecule has 36 heavy (non-hydrogen) atoms. The van der Waals surface area contributed by atoms with Crippen molar-refractivity contribution < 1.29 is 37.7 Å². The smallest absolute Gasteiger partial charge is 0.338 e. The minimum Gasteiger partial charge on any atom is -0.459 e. The largest absolute Gasteiger partial charge is 0.459 e. The highest BCUT2D eigenvalue weighted by atomic mass is 19.3. The van der Waals surface area contributed by atoms with Crippen molar-refractivity contribution in [1.82, 2.24) is 9.55 Å². The number of hydrogen-bond acceptors (Lipinski definition) is 8. The van der Waals surface area contributed by atoms with Crippen LogP contribution in [0.5, 0.6) is 0 Å². The average molecular weight is 502 g/mol. The van der Waals surface area contributed by atoms with Gasteiger partial charge in [0.1, 0.15) is 12.7 Å². The highest BCUT2D eigenvalue weighted by Gasteiger charge is 2.63. The van der Waals surface area contributed by atoms with Crippen LogP contribution < -0.4 is 11.2 Å². The van der Waals surface area contributed by atoms with Gasteiger partial charge in [0.15, 0.2) is 6.10 Å². The first-order valence-electron chi connectivity index (χ1n) is 10.7. The summed E-state index contributed by atoms with van der Waals surface area (Å²) in [4.78, 5) is 50.8. The van der Waals surface area contributed by atoms with Crippen LogP contribution in [0.25, 0.3) is 0 Å². The van der Waals surface area contributed by atoms with Gasteiger partial charge in [0.25, 0.3) is 5.56 Å². The predicted molar refractivity (Wildman–Crippen MR) is 118 cm³/mol. The second-order valence-electron chi connectivity index (χ2n) is 7.84. The molecule has 4 rings (SSSR count). The maximum Gasteiger partial charge on any atom is 0.338 e. The molecule has 1 fully saturated rings. The first-order chi connectivity index (χ1) is 17.2. The first-order valence-corrected chi connectivity index (χ1v) is 10.7. The summed E-state index contributed by atoms with van der Waals surface area (Å²) in [7, 11) is 0. The van der Waals surface area contributed by atoms with E-state index in [4.69, 9.17) is 14.2 Å². The molecular weight excluding hydrogens is 482 g/mol. The number of alkyl halides is 2. The molecule has 0 unspecified atom stereocenters. The molecular formula is C24H20F2N2O8. The van der Waals surface area contributed by atoms with Gasteiger partial charge in [0.05, 0.1) is 23.3 Å². The van der Waals surface area contributed by atoms with E-state index in [2.05, 4.69) is 0 Å². The zero-order valence-electron chi connectivity index (χ0n) is 18.5. The Balaban J connectivity index is 1.65. The van der Waals surface area contributed by atoms with Crippen molar-refractivity contribution in [2.75, 3.05) is 6.61 Å². The molecule has 1 aliphatic heterocycles. The number of ether oxygens (including phenoxy) is 3. The molecule has 0 radical (unpaired) electrons. The number of carbonyl (C=O) groups excluding carboxylic acids is 2. The summed E-state index contributed by atoms with van der Waals surface area (Å²) < 4.78 is 47.2. The van der Waals surface area contributed by atoms with Crippen LogP contribution in [0.4, 0.5) is 8.78 Å². The summed E-state index contributed by atoms with van der Waals surface area (Å²) >= 11 is 0. The second kappa shape index (κ2) is 10.2. The van der Waals surface area contributed by atoms with Crippen molar-refractivity contribution in [3.63, 3.8) is 0 Å². The van der Waals surface area contributed by atoms with Gasteiger partial charge in [-0.15, -0.1) is 0 Å². The molecule has 0 amide bonds. The Morgan fingerprint density at radius 1 is 1.00 bits per heavy atom. The van der Waals surface area contributed by atoms with E-state index in [0.29, 0.717) is 4.57 Å². The SMILES string of the molecule is O=C(OC[C@H]1O[C@@H](n2cc(CO)c(=O)[nH]c2=O)C(F)(F)[C@@H]1OC(=O)c1ccccc1)c1ccccc1. The predicted octanol–water partition coefficient (Wildman–Crippen LogP) is 1.64. The fraction of sp³-hybridized carbons (Fsp3) is 0.250. The third-order valence-corrected chi connectivity index (χ3v) is 5.45. The summed E-state index contributed by atoms with van der Waals surface area (Å²) in [6.07, 6.45) is -5.56. The van der Waals surface area contributed by atoms with E-state index in [0.717, 1.165) is 6.20 Å². The van der Waals surface area contributed by atoms with E-state index in [1.165, 1.54) is 36.4 Å². The molecule has 188 valence electrons. The topological polar surface area (TPSA) is 137 Å². The number of rotatable bonds is 7. The lowest BCUT2D eigenvalue weighted by Crippen LogP contribution is -2.45. The summed E-state index contributed by atoms with van der Waals surface area (Å²) in [5.74, 6) is -5.93. The third kappa shape index (κ3) is 4.95. The maximum absolute atomic E-state index is 15.6. The molecule has 0 bridgehead atoms. The number of H-pyrrole nitrogens is 1. The second-order valence-corrected chi connectivity index (χ2v) is 7.84. The first kappa shape index (κ1) is 24.9. The summed E-state index contributed by atoms with van der Waals surface area (Å²) in [5.41, 5.74) is -2.43. The fourth-order valence-corrected chi connectivity index (χ4v) is 3.64. The molecule has 12 heteroatoms. The number of benzene rings is 2. The molecule has 0 saturated carbocycles. The van der Waals surface area contributed by atoms with E-state index in [9.17, 15) is 24.3 Å². The Labute approximate surface area is 201 Å². The van der Waals surface area contributed by atoms with Crippen LogP contribution in [0.2, 0.25) is 0 Å². The van der Waals surface area contributed by atoms with Crippen LogP contribution in [0.15, 0.2) is 76.4 Å². The minimum atomic E-state index is -4.01. The Hall–Kier alpha value is -4.16. The Morgan fingerprint density at radius 3 is 2.17 bits per heavy atom. The normalized spacial score (nSPS) is 20.6. The average Bonchev–Trinajstić information content (AvgIpc) is 3.13. The molecule has 2 N–H and O–H groups in total. The fourth-order valence-electron chi connectivity index (χ4n) is 3.64. The molecule has 0 aliphatic carbocycles. The van der Waals surface area contributed by atoms with Crippen molar-refractivity contribution in [2.45, 2.75) is 31.0 Å². The van der Waals surface area contributed by atoms with Crippen molar-refractivity contribution in [1.29, 1.82) is 0 Å². The Kier molecular flexibility index (Phi) is 7.08. The number of esters is 2. The number of aliphatic hydroxyl groups is 1. The molecule has 1 aliphatic rings. The van der Waals surface area contributed by atoms with Crippen LogP contribution in [-0.2, 0) is 20.8 Å². The van der Waals surface area contributed by atoms with Gasteiger partial charge in [-0.3, -0.25) is 14.3 Å². The standard InChI is InChI=1S/C24H20F2N2O8/c25-24(26)18(36-21(32)15-9-5-2-6-10-15)17(13-34-20(31)14-7-3-1-4-8-14)35-22(24)28-11-16(12-29)19(30)27-23(28)33/h1-11,17-18,22,29H,12-13H2,(H,27,30,33)/t17-,18-,22-/m1/s1. The van der Waals surface area contributed by atoms with Crippen LogP contribution in [0.1, 0.15) is 32.5 Å². The number of nitrogens with zero attached hydrogens (tertiary/aromatic N) is 1. The Morgan fingerprint density at radius 2 is 1.58 bits per heavy atom. The van der Waals surface area contributed by atoms with Gasteiger partial charge in [0, 0.05) is 6.20 Å². The zero-order chi connectivity index (χ0) is 25.9. The van der Waals surface area contributed by atoms with Gasteiger partial charge in [-0.25, -0.2) is 14.4 Å². The molecule has 10 nitrogen and oxygen atoms in total. The maximum atomic E-state index is 15.6. The lowest BCUT2D eigenvalue weighted by atomic mass is 10.1. The van der Waals surface area contributed by atoms with Crippen LogP contribution in [0.3, 0.4) is 0 Å². The van der Waals surface area contributed by atoms with Gasteiger partial charge in [-0.05, 0) is 24.3 Å². The van der Waals surface area contributed by atoms with E-state index >= 15 is 8.78 Å². The Bertz CT molecular complexity index is 1360. The van der Waals surface area contributed by atoms with E-state index < -0.39 is 60.8 Å². The van der Waals surface area contributed by atoms with E-state index in [1.54, 1.807) is 24.3 Å². The number of carbonyl (C=O) groups is 2. The van der Waals surface area contributed by atoms with Gasteiger partial charge in [-0.2, -0.15) is 8.78 Å². The minimum absolute atomic E-state index is 0.0134. The van der Waals surface area contributed by atoms with Gasteiger partial charge >= 0.3 is 23.6 Å². The molecule has 3 aromatic rings. The van der Waals surface area contributed by atoms with Gasteiger partial charge in [-0.1, -0.05) is 36.4 Å². The highest BCUT2D eigenvalue weighted by Crippen LogP contribution is 2.44. The molecule has 3 atom stereocenters. The number of aromatic nitrogens is 2. The molecule has 2 heterocycles. The van der Waals surface area contributed by atoms with Crippen LogP contribution >= 0.6 is 0 Å². The van der Waals surface area contributed by atoms with Crippen LogP contribution in [0, 0.1) is 0 Å². The van der Waals surface area contributed by atoms with Crippen LogP contribution in [-0.4, -0.2) is 51.3 Å². The molecule has 0 spiro atoms. The lowest BCUT2D eigenvalue weighted by molar-refractivity contribution is -0.143. The summed E-state index contributed by atoms with van der Waals surface area (Å²) in [5, 5.41) is 9.32. The monoisotopic (exact) mass is 502 g/mol. The zero-order valence-corrected chi connectivity index (χ0v) is 18.5. The quantitative estimate of drug-likeness (QED) is 0.466. The summed E-state index contributed by atoms with van der Waals surface area (Å²) in [6, 6.07) is 15.1. The number of halogens is 2. The number of nitrogens with one attached hydrogen (secondary N) is 1. The number of aromatic amines is 1. The number of aliphatic hydroxyl groups excluding tert-OH is 1. The van der Waals surface area contributed by atoms with Gasteiger partial charge in [0.2, 0.25) is 6.23 Å². The summed E-state index contributed by atoms with van der Waals surface area (Å²) in [6.45, 7) is -1.57. The van der Waals surface area contributed by atoms with E-state index in [1.807, 2.05) is 4.98 Å². The molecule has 2 aromatic carbocycles. The molecule has 1 saturated heterocycles. The highest BCUT2D eigenvalue weighted by molar-refractivity contribution is 5.90. The van der Waals surface area contributed by atoms with Crippen molar-refractivity contribution in [3.8, 4) is 0 Å². The van der Waals surface area contributed by atoms with Crippen molar-refractivity contribution in [2.24, 2.45) is 0 Å². The lowest BCUT2D eigenvalue weighted by Gasteiger charge is -2.24. The van der Waals surface area contributed by atoms with E-state index in [-0.39, 0.29) is 16.7 Å². The van der Waals surface area contributed by atoms with Crippen molar-refractivity contribution in [3.05, 3.63) is 104 Å². The van der Waals surface area contributed by atoms with Gasteiger partial charge < -0.3 is 19.3 Å². The van der Waals surface area contributed by atoms with Crippen molar-refractivity contribution >= 4 is 11.9 Å². The molecule has 1 aromatic heterocycles. The number of hydrogen-bond donors (Lipinski definition) is 2.